The van der Waals surface area contributed by atoms with Crippen LogP contribution in [-0.4, -0.2) is 21.9 Å². The Balaban J connectivity index is 2.09. The molecule has 0 aromatic carbocycles. The molecule has 0 saturated carbocycles. The van der Waals surface area contributed by atoms with Crippen LogP contribution in [0.5, 0.6) is 5.88 Å². The Bertz CT molecular complexity index is 551. The van der Waals surface area contributed by atoms with Crippen LogP contribution in [0.15, 0.2) is 18.3 Å². The summed E-state index contributed by atoms with van der Waals surface area (Å²) in [5.74, 6) is 0.595. The molecule has 0 aliphatic heterocycles. The minimum Gasteiger partial charge on any atom is -0.481 e. The molecule has 0 radical (unpaired) electrons. The summed E-state index contributed by atoms with van der Waals surface area (Å²) in [6.45, 7) is 5.36. The van der Waals surface area contributed by atoms with Gasteiger partial charge in [0, 0.05) is 12.6 Å². The molecule has 0 saturated heterocycles. The van der Waals surface area contributed by atoms with Crippen LogP contribution in [0.3, 0.4) is 0 Å². The first-order valence-corrected chi connectivity index (χ1v) is 6.49. The lowest BCUT2D eigenvalue weighted by Gasteiger charge is -2.08. The van der Waals surface area contributed by atoms with Crippen LogP contribution in [0.4, 0.5) is 5.69 Å². The summed E-state index contributed by atoms with van der Waals surface area (Å²) in [5.41, 5.74) is 2.75. The van der Waals surface area contributed by atoms with Gasteiger partial charge in [0.2, 0.25) is 5.88 Å². The Morgan fingerprint density at radius 3 is 2.79 bits per heavy atom. The third kappa shape index (κ3) is 2.98. The SMILES string of the molecule is CCn1nc(C)c(Cl)c1CNc1ccc(OC)nc1. The van der Waals surface area contributed by atoms with E-state index in [1.807, 2.05) is 30.7 Å². The van der Waals surface area contributed by atoms with E-state index in [9.17, 15) is 0 Å². The molecule has 2 aromatic heterocycles. The standard InChI is InChI=1S/C13H17ClN4O/c1-4-18-11(13(14)9(2)17-18)8-15-10-5-6-12(19-3)16-7-10/h5-7,15H,4,8H2,1-3H3. The third-order valence-corrected chi connectivity index (χ3v) is 3.35. The monoisotopic (exact) mass is 280 g/mol. The summed E-state index contributed by atoms with van der Waals surface area (Å²) in [4.78, 5) is 4.14. The van der Waals surface area contributed by atoms with E-state index in [1.54, 1.807) is 13.3 Å². The Hall–Kier alpha value is -1.75. The number of hydrogen-bond acceptors (Lipinski definition) is 4. The molecule has 0 aliphatic carbocycles. The molecule has 0 spiro atoms. The predicted molar refractivity (Wildman–Crippen MR) is 75.8 cm³/mol. The van der Waals surface area contributed by atoms with Gasteiger partial charge in [-0.1, -0.05) is 11.6 Å². The van der Waals surface area contributed by atoms with E-state index in [4.69, 9.17) is 16.3 Å². The summed E-state index contributed by atoms with van der Waals surface area (Å²) >= 11 is 6.25. The van der Waals surface area contributed by atoms with Gasteiger partial charge in [0.1, 0.15) is 0 Å². The zero-order chi connectivity index (χ0) is 13.8. The number of methoxy groups -OCH3 is 1. The van der Waals surface area contributed by atoms with Crippen molar-refractivity contribution in [2.24, 2.45) is 0 Å². The summed E-state index contributed by atoms with van der Waals surface area (Å²) in [6, 6.07) is 3.73. The van der Waals surface area contributed by atoms with Gasteiger partial charge >= 0.3 is 0 Å². The van der Waals surface area contributed by atoms with Crippen LogP contribution in [0, 0.1) is 6.92 Å². The van der Waals surface area contributed by atoms with Crippen molar-refractivity contribution in [3.05, 3.63) is 34.7 Å². The topological polar surface area (TPSA) is 52.0 Å². The fourth-order valence-electron chi connectivity index (χ4n) is 1.83. The summed E-state index contributed by atoms with van der Waals surface area (Å²) < 4.78 is 6.92. The third-order valence-electron chi connectivity index (χ3n) is 2.86. The minimum atomic E-state index is 0.595. The van der Waals surface area contributed by atoms with Crippen molar-refractivity contribution >= 4 is 17.3 Å². The van der Waals surface area contributed by atoms with Gasteiger partial charge in [0.25, 0.3) is 0 Å². The van der Waals surface area contributed by atoms with Gasteiger partial charge in [-0.05, 0) is 19.9 Å². The summed E-state index contributed by atoms with van der Waals surface area (Å²) in [6.07, 6.45) is 1.73. The molecular weight excluding hydrogens is 264 g/mol. The van der Waals surface area contributed by atoms with E-state index < -0.39 is 0 Å². The Morgan fingerprint density at radius 2 is 2.21 bits per heavy atom. The Labute approximate surface area is 117 Å². The van der Waals surface area contributed by atoms with Crippen molar-refractivity contribution < 1.29 is 4.74 Å². The van der Waals surface area contributed by atoms with Crippen molar-refractivity contribution in [1.82, 2.24) is 14.8 Å². The normalized spacial score (nSPS) is 10.5. The number of aryl methyl sites for hydroxylation is 2. The lowest BCUT2D eigenvalue weighted by Crippen LogP contribution is -2.08. The molecule has 0 aliphatic rings. The average Bonchev–Trinajstić information content (AvgIpc) is 2.72. The second kappa shape index (κ2) is 5.93. The van der Waals surface area contributed by atoms with Gasteiger partial charge in [-0.2, -0.15) is 5.10 Å². The Kier molecular flexibility index (Phi) is 4.27. The number of aromatic nitrogens is 3. The lowest BCUT2D eigenvalue weighted by molar-refractivity contribution is 0.398. The molecular formula is C13H17ClN4O. The average molecular weight is 281 g/mol. The highest BCUT2D eigenvalue weighted by atomic mass is 35.5. The van der Waals surface area contributed by atoms with E-state index in [0.29, 0.717) is 12.4 Å². The van der Waals surface area contributed by atoms with Crippen molar-refractivity contribution in [2.75, 3.05) is 12.4 Å². The fourth-order valence-corrected chi connectivity index (χ4v) is 2.03. The number of halogens is 1. The van der Waals surface area contributed by atoms with Gasteiger partial charge in [0.05, 0.1) is 41.9 Å². The highest BCUT2D eigenvalue weighted by Crippen LogP contribution is 2.21. The number of ether oxygens (including phenoxy) is 1. The second-order valence-corrected chi connectivity index (χ2v) is 4.48. The molecule has 2 heterocycles. The summed E-state index contributed by atoms with van der Waals surface area (Å²) in [7, 11) is 1.60. The molecule has 5 nitrogen and oxygen atoms in total. The van der Waals surface area contributed by atoms with E-state index in [-0.39, 0.29) is 0 Å². The van der Waals surface area contributed by atoms with Gasteiger partial charge in [-0.3, -0.25) is 4.68 Å². The highest BCUT2D eigenvalue weighted by molar-refractivity contribution is 6.31. The van der Waals surface area contributed by atoms with Gasteiger partial charge in [0.15, 0.2) is 0 Å². The highest BCUT2D eigenvalue weighted by Gasteiger charge is 2.11. The van der Waals surface area contributed by atoms with Crippen LogP contribution >= 0.6 is 11.6 Å². The van der Waals surface area contributed by atoms with Crippen molar-refractivity contribution in [1.29, 1.82) is 0 Å². The van der Waals surface area contributed by atoms with Gasteiger partial charge in [-0.15, -0.1) is 0 Å². The zero-order valence-corrected chi connectivity index (χ0v) is 12.0. The smallest absolute Gasteiger partial charge is 0.213 e. The molecule has 0 fully saturated rings. The van der Waals surface area contributed by atoms with Crippen LogP contribution < -0.4 is 10.1 Å². The van der Waals surface area contributed by atoms with E-state index >= 15 is 0 Å². The van der Waals surface area contributed by atoms with Gasteiger partial charge < -0.3 is 10.1 Å². The molecule has 102 valence electrons. The van der Waals surface area contributed by atoms with Crippen molar-refractivity contribution in [3.8, 4) is 5.88 Å². The molecule has 0 bridgehead atoms. The molecule has 0 unspecified atom stereocenters. The number of hydrogen-bond donors (Lipinski definition) is 1. The first kappa shape index (κ1) is 13.7. The number of pyridine rings is 1. The van der Waals surface area contributed by atoms with E-state index in [2.05, 4.69) is 15.4 Å². The molecule has 1 N–H and O–H groups in total. The first-order chi connectivity index (χ1) is 9.15. The maximum absolute atomic E-state index is 6.25. The van der Waals surface area contributed by atoms with Crippen LogP contribution in [0.1, 0.15) is 18.3 Å². The van der Waals surface area contributed by atoms with Crippen molar-refractivity contribution in [3.63, 3.8) is 0 Å². The molecule has 2 rings (SSSR count). The predicted octanol–water partition coefficient (Wildman–Crippen LogP) is 2.88. The fraction of sp³-hybridized carbons (Fsp3) is 0.385. The number of nitrogens with one attached hydrogen (secondary N) is 1. The number of anilines is 1. The van der Waals surface area contributed by atoms with Crippen LogP contribution in [-0.2, 0) is 13.1 Å². The van der Waals surface area contributed by atoms with Crippen LogP contribution in [0.2, 0.25) is 5.02 Å². The lowest BCUT2D eigenvalue weighted by atomic mass is 10.3. The second-order valence-electron chi connectivity index (χ2n) is 4.10. The Morgan fingerprint density at radius 1 is 1.42 bits per heavy atom. The van der Waals surface area contributed by atoms with E-state index in [0.717, 1.165) is 28.6 Å². The number of nitrogens with zero attached hydrogens (tertiary/aromatic N) is 3. The largest absolute Gasteiger partial charge is 0.481 e. The van der Waals surface area contributed by atoms with Gasteiger partial charge in [-0.25, -0.2) is 4.98 Å². The quantitative estimate of drug-likeness (QED) is 0.915. The molecule has 0 atom stereocenters. The minimum absolute atomic E-state index is 0.595. The maximum atomic E-state index is 6.25. The molecule has 2 aromatic rings. The molecule has 0 amide bonds. The molecule has 6 heteroatoms. The maximum Gasteiger partial charge on any atom is 0.213 e. The van der Waals surface area contributed by atoms with E-state index in [1.165, 1.54) is 0 Å². The molecule has 19 heavy (non-hydrogen) atoms. The van der Waals surface area contributed by atoms with Crippen LogP contribution in [0.25, 0.3) is 0 Å². The van der Waals surface area contributed by atoms with Crippen molar-refractivity contribution in [2.45, 2.75) is 26.9 Å². The first-order valence-electron chi connectivity index (χ1n) is 6.11. The number of rotatable bonds is 5. The zero-order valence-electron chi connectivity index (χ0n) is 11.3. The summed E-state index contributed by atoms with van der Waals surface area (Å²) in [5, 5.41) is 8.37.